The zero-order valence-corrected chi connectivity index (χ0v) is 14.3. The Balaban J connectivity index is 1.66. The van der Waals surface area contributed by atoms with E-state index in [1.54, 1.807) is 6.20 Å². The molecule has 0 spiro atoms. The number of imidazole rings is 1. The largest absolute Gasteiger partial charge is 0.367 e. The predicted molar refractivity (Wildman–Crippen MR) is 97.3 cm³/mol. The van der Waals surface area contributed by atoms with Gasteiger partial charge in [0.2, 0.25) is 0 Å². The molecule has 1 heterocycles. The lowest BCUT2D eigenvalue weighted by atomic mass is 10.1. The van der Waals surface area contributed by atoms with Gasteiger partial charge in [-0.2, -0.15) is 0 Å². The lowest BCUT2D eigenvalue weighted by molar-refractivity contribution is -0.126. The average Bonchev–Trinajstić information content (AvgIpc) is 3.03. The monoisotopic (exact) mass is 335 g/mol. The number of aryl methyl sites for hydroxylation is 1. The smallest absolute Gasteiger partial charge is 0.258 e. The molecule has 1 atom stereocenters. The number of benzene rings is 2. The molecule has 0 bridgehead atoms. The molecule has 25 heavy (non-hydrogen) atoms. The van der Waals surface area contributed by atoms with Crippen molar-refractivity contribution in [2.45, 2.75) is 19.6 Å². The van der Waals surface area contributed by atoms with Crippen molar-refractivity contribution in [2.24, 2.45) is 0 Å². The van der Waals surface area contributed by atoms with E-state index in [2.05, 4.69) is 14.9 Å². The number of hydrogen-bond donors (Lipinski definition) is 1. The first kappa shape index (κ1) is 16.9. The first-order valence-corrected chi connectivity index (χ1v) is 8.12. The molecule has 0 radical (unpaired) electrons. The Labute approximate surface area is 147 Å². The molecular formula is C20H21N3O2. The van der Waals surface area contributed by atoms with Crippen LogP contribution in [0.25, 0.3) is 0 Å². The van der Waals surface area contributed by atoms with Crippen molar-refractivity contribution >= 4 is 11.6 Å². The lowest BCUT2D eigenvalue weighted by Gasteiger charge is -2.16. The number of anilines is 1. The number of carbonyl (C=O) groups is 1. The van der Waals surface area contributed by atoms with Gasteiger partial charge in [-0.15, -0.1) is 0 Å². The molecule has 0 aliphatic carbocycles. The fourth-order valence-electron chi connectivity index (χ4n) is 2.69. The first-order valence-electron chi connectivity index (χ1n) is 8.12. The van der Waals surface area contributed by atoms with Gasteiger partial charge in [-0.1, -0.05) is 42.5 Å². The van der Waals surface area contributed by atoms with Gasteiger partial charge in [0.15, 0.2) is 6.10 Å². The van der Waals surface area contributed by atoms with E-state index in [0.717, 1.165) is 29.2 Å². The second-order valence-electron chi connectivity index (χ2n) is 5.81. The number of amides is 1. The van der Waals surface area contributed by atoms with Crippen LogP contribution in [0.5, 0.6) is 0 Å². The molecule has 128 valence electrons. The van der Waals surface area contributed by atoms with Crippen molar-refractivity contribution < 1.29 is 9.53 Å². The van der Waals surface area contributed by atoms with Crippen molar-refractivity contribution in [3.8, 4) is 0 Å². The summed E-state index contributed by atoms with van der Waals surface area (Å²) in [5.74, 6) is 0.787. The molecule has 3 aromatic rings. The van der Waals surface area contributed by atoms with Gasteiger partial charge in [-0.25, -0.2) is 4.98 Å². The second kappa shape index (κ2) is 7.77. The summed E-state index contributed by atoms with van der Waals surface area (Å²) in [5.41, 5.74) is 2.72. The van der Waals surface area contributed by atoms with Crippen LogP contribution in [0.3, 0.4) is 0 Å². The summed E-state index contributed by atoms with van der Waals surface area (Å²) in [5, 5.41) is 2.91. The Bertz CT molecular complexity index is 826. The van der Waals surface area contributed by atoms with Gasteiger partial charge in [-0.05, 0) is 30.2 Å². The van der Waals surface area contributed by atoms with E-state index >= 15 is 0 Å². The number of methoxy groups -OCH3 is 1. The molecule has 5 heteroatoms. The summed E-state index contributed by atoms with van der Waals surface area (Å²) in [7, 11) is 1.54. The highest BCUT2D eigenvalue weighted by Crippen LogP contribution is 2.19. The number of carbonyl (C=O) groups excluding carboxylic acids is 1. The van der Waals surface area contributed by atoms with Crippen LogP contribution in [-0.4, -0.2) is 22.6 Å². The molecule has 0 unspecified atom stereocenters. The fraction of sp³-hybridized carbons (Fsp3) is 0.200. The van der Waals surface area contributed by atoms with Gasteiger partial charge in [0, 0.05) is 31.7 Å². The Morgan fingerprint density at radius 1 is 1.16 bits per heavy atom. The highest BCUT2D eigenvalue weighted by molar-refractivity contribution is 5.94. The molecule has 1 aromatic heterocycles. The third kappa shape index (κ3) is 4.14. The molecule has 5 nitrogen and oxygen atoms in total. The van der Waals surface area contributed by atoms with Crippen molar-refractivity contribution in [3.05, 3.63) is 83.9 Å². The normalized spacial score (nSPS) is 11.9. The molecule has 0 fully saturated rings. The van der Waals surface area contributed by atoms with E-state index in [1.807, 2.05) is 67.7 Å². The minimum absolute atomic E-state index is 0.188. The van der Waals surface area contributed by atoms with Crippen LogP contribution in [-0.2, 0) is 16.1 Å². The van der Waals surface area contributed by atoms with Crippen LogP contribution in [0.4, 0.5) is 5.69 Å². The molecular weight excluding hydrogens is 314 g/mol. The van der Waals surface area contributed by atoms with Crippen LogP contribution in [0, 0.1) is 6.92 Å². The number of aromatic nitrogens is 2. The third-order valence-electron chi connectivity index (χ3n) is 4.07. The summed E-state index contributed by atoms with van der Waals surface area (Å²) in [6.45, 7) is 2.73. The average molecular weight is 335 g/mol. The molecule has 1 amide bonds. The summed E-state index contributed by atoms with van der Waals surface area (Å²) < 4.78 is 7.43. The maximum atomic E-state index is 12.5. The number of ether oxygens (including phenoxy) is 1. The predicted octanol–water partition coefficient (Wildman–Crippen LogP) is 3.57. The van der Waals surface area contributed by atoms with Gasteiger partial charge in [-0.3, -0.25) is 4.79 Å². The van der Waals surface area contributed by atoms with Gasteiger partial charge in [0.1, 0.15) is 5.82 Å². The number of hydrogen-bond acceptors (Lipinski definition) is 3. The fourth-order valence-corrected chi connectivity index (χ4v) is 2.69. The van der Waals surface area contributed by atoms with E-state index in [0.29, 0.717) is 0 Å². The minimum Gasteiger partial charge on any atom is -0.367 e. The SMILES string of the molecule is CO[C@@H](C(=O)Nc1ccc(Cn2ccnc2C)cc1)c1ccccc1. The van der Waals surface area contributed by atoms with Crippen LogP contribution < -0.4 is 5.32 Å². The quantitative estimate of drug-likeness (QED) is 0.749. The standard InChI is InChI=1S/C20H21N3O2/c1-15-21-12-13-23(15)14-16-8-10-18(11-9-16)22-20(24)19(25-2)17-6-4-3-5-7-17/h3-13,19H,14H2,1-2H3,(H,22,24)/t19-/m1/s1. The maximum absolute atomic E-state index is 12.5. The molecule has 0 saturated carbocycles. The van der Waals surface area contributed by atoms with E-state index < -0.39 is 6.10 Å². The summed E-state index contributed by atoms with van der Waals surface area (Å²) in [4.78, 5) is 16.7. The van der Waals surface area contributed by atoms with Crippen LogP contribution in [0.2, 0.25) is 0 Å². The van der Waals surface area contributed by atoms with Crippen LogP contribution in [0.15, 0.2) is 67.0 Å². The second-order valence-corrected chi connectivity index (χ2v) is 5.81. The van der Waals surface area contributed by atoms with Gasteiger partial charge in [0.25, 0.3) is 5.91 Å². The maximum Gasteiger partial charge on any atom is 0.258 e. The van der Waals surface area contributed by atoms with E-state index in [-0.39, 0.29) is 5.91 Å². The summed E-state index contributed by atoms with van der Waals surface area (Å²) in [6.07, 6.45) is 3.11. The van der Waals surface area contributed by atoms with E-state index in [1.165, 1.54) is 7.11 Å². The van der Waals surface area contributed by atoms with Crippen LogP contribution in [0.1, 0.15) is 23.1 Å². The minimum atomic E-state index is -0.630. The Morgan fingerprint density at radius 2 is 1.88 bits per heavy atom. The molecule has 1 N–H and O–H groups in total. The number of nitrogens with one attached hydrogen (secondary N) is 1. The van der Waals surface area contributed by atoms with Gasteiger partial charge < -0.3 is 14.6 Å². The van der Waals surface area contributed by atoms with Crippen molar-refractivity contribution in [1.82, 2.24) is 9.55 Å². The van der Waals surface area contributed by atoms with Crippen molar-refractivity contribution in [2.75, 3.05) is 12.4 Å². The summed E-state index contributed by atoms with van der Waals surface area (Å²) >= 11 is 0. The van der Waals surface area contributed by atoms with E-state index in [4.69, 9.17) is 4.74 Å². The Morgan fingerprint density at radius 3 is 2.48 bits per heavy atom. The molecule has 0 aliphatic heterocycles. The number of nitrogens with zero attached hydrogens (tertiary/aromatic N) is 2. The topological polar surface area (TPSA) is 56.1 Å². The van der Waals surface area contributed by atoms with Crippen molar-refractivity contribution in [3.63, 3.8) is 0 Å². The molecule has 3 rings (SSSR count). The van der Waals surface area contributed by atoms with Crippen LogP contribution >= 0.6 is 0 Å². The zero-order valence-electron chi connectivity index (χ0n) is 14.3. The van der Waals surface area contributed by atoms with Gasteiger partial charge in [0.05, 0.1) is 0 Å². The molecule has 2 aromatic carbocycles. The highest BCUT2D eigenvalue weighted by Gasteiger charge is 2.19. The highest BCUT2D eigenvalue weighted by atomic mass is 16.5. The molecule has 0 aliphatic rings. The Kier molecular flexibility index (Phi) is 5.26. The summed E-state index contributed by atoms with van der Waals surface area (Å²) in [6, 6.07) is 17.2. The van der Waals surface area contributed by atoms with Gasteiger partial charge >= 0.3 is 0 Å². The van der Waals surface area contributed by atoms with Crippen molar-refractivity contribution in [1.29, 1.82) is 0 Å². The third-order valence-corrected chi connectivity index (χ3v) is 4.07. The Hall–Kier alpha value is -2.92. The zero-order chi connectivity index (χ0) is 17.6. The first-order chi connectivity index (χ1) is 12.2. The van der Waals surface area contributed by atoms with E-state index in [9.17, 15) is 4.79 Å². The lowest BCUT2D eigenvalue weighted by Crippen LogP contribution is -2.22. The number of rotatable bonds is 6. The molecule has 0 saturated heterocycles.